The van der Waals surface area contributed by atoms with E-state index in [9.17, 15) is 9.90 Å². The van der Waals surface area contributed by atoms with Crippen molar-refractivity contribution < 1.29 is 9.90 Å². The number of aryl methyl sites for hydroxylation is 1. The molecule has 0 bridgehead atoms. The number of rotatable bonds is 7. The SMILES string of the molecule is CCCn1ccc(CNC(C(=O)O)c2ccccc2)c1. The molecule has 0 fully saturated rings. The highest BCUT2D eigenvalue weighted by Gasteiger charge is 2.18. The second-order valence-corrected chi connectivity index (χ2v) is 4.82. The average molecular weight is 272 g/mol. The maximum absolute atomic E-state index is 11.4. The Bertz CT molecular complexity index is 549. The van der Waals surface area contributed by atoms with Crippen LogP contribution in [0.25, 0.3) is 0 Å². The lowest BCUT2D eigenvalue weighted by Gasteiger charge is -2.14. The normalized spacial score (nSPS) is 12.2. The van der Waals surface area contributed by atoms with Gasteiger partial charge in [-0.2, -0.15) is 0 Å². The molecule has 4 nitrogen and oxygen atoms in total. The summed E-state index contributed by atoms with van der Waals surface area (Å²) in [5.41, 5.74) is 1.87. The Hall–Kier alpha value is -2.07. The molecule has 1 heterocycles. The van der Waals surface area contributed by atoms with Crippen molar-refractivity contribution in [2.24, 2.45) is 0 Å². The van der Waals surface area contributed by atoms with Crippen LogP contribution in [-0.2, 0) is 17.9 Å². The maximum atomic E-state index is 11.4. The number of carboxylic acid groups (broad SMARTS) is 1. The molecule has 0 spiro atoms. The van der Waals surface area contributed by atoms with Crippen LogP contribution in [0.4, 0.5) is 0 Å². The van der Waals surface area contributed by atoms with Crippen molar-refractivity contribution >= 4 is 5.97 Å². The molecule has 2 aromatic rings. The lowest BCUT2D eigenvalue weighted by Crippen LogP contribution is -2.27. The Morgan fingerprint density at radius 3 is 2.70 bits per heavy atom. The van der Waals surface area contributed by atoms with Crippen LogP contribution in [0.2, 0.25) is 0 Å². The molecule has 106 valence electrons. The molecule has 1 aromatic carbocycles. The number of nitrogens with one attached hydrogen (secondary N) is 1. The van der Waals surface area contributed by atoms with Gasteiger partial charge in [-0.25, -0.2) is 0 Å². The van der Waals surface area contributed by atoms with Gasteiger partial charge in [0, 0.05) is 25.5 Å². The quantitative estimate of drug-likeness (QED) is 0.815. The molecule has 0 saturated heterocycles. The predicted octanol–water partition coefficient (Wildman–Crippen LogP) is 2.81. The van der Waals surface area contributed by atoms with Gasteiger partial charge in [0.05, 0.1) is 0 Å². The Morgan fingerprint density at radius 2 is 2.05 bits per heavy atom. The van der Waals surface area contributed by atoms with Crippen molar-refractivity contribution in [1.82, 2.24) is 9.88 Å². The molecule has 0 radical (unpaired) electrons. The third kappa shape index (κ3) is 3.71. The van der Waals surface area contributed by atoms with Gasteiger partial charge >= 0.3 is 5.97 Å². The van der Waals surface area contributed by atoms with Crippen LogP contribution < -0.4 is 5.32 Å². The van der Waals surface area contributed by atoms with E-state index in [-0.39, 0.29) is 0 Å². The zero-order valence-electron chi connectivity index (χ0n) is 11.6. The summed E-state index contributed by atoms with van der Waals surface area (Å²) in [4.78, 5) is 11.4. The molecule has 4 heteroatoms. The second kappa shape index (κ2) is 6.91. The number of aliphatic carboxylic acids is 1. The molecule has 0 amide bonds. The molecule has 1 unspecified atom stereocenters. The Morgan fingerprint density at radius 1 is 1.30 bits per heavy atom. The summed E-state index contributed by atoms with van der Waals surface area (Å²) in [6, 6.07) is 10.6. The van der Waals surface area contributed by atoms with Gasteiger partial charge in [-0.1, -0.05) is 37.3 Å². The van der Waals surface area contributed by atoms with Crippen molar-refractivity contribution in [2.75, 3.05) is 0 Å². The smallest absolute Gasteiger partial charge is 0.325 e. The average Bonchev–Trinajstić information content (AvgIpc) is 2.88. The van der Waals surface area contributed by atoms with E-state index in [1.807, 2.05) is 42.6 Å². The van der Waals surface area contributed by atoms with Gasteiger partial charge in [0.15, 0.2) is 0 Å². The molecule has 2 rings (SSSR count). The van der Waals surface area contributed by atoms with Crippen molar-refractivity contribution in [3.8, 4) is 0 Å². The molecule has 20 heavy (non-hydrogen) atoms. The molecular weight excluding hydrogens is 252 g/mol. The van der Waals surface area contributed by atoms with E-state index in [2.05, 4.69) is 23.0 Å². The number of aromatic nitrogens is 1. The van der Waals surface area contributed by atoms with E-state index in [0.717, 1.165) is 24.1 Å². The van der Waals surface area contributed by atoms with Crippen LogP contribution in [0.3, 0.4) is 0 Å². The molecule has 0 saturated carbocycles. The van der Waals surface area contributed by atoms with Crippen LogP contribution in [-0.4, -0.2) is 15.6 Å². The van der Waals surface area contributed by atoms with Crippen molar-refractivity contribution in [2.45, 2.75) is 32.5 Å². The fraction of sp³-hybridized carbons (Fsp3) is 0.312. The fourth-order valence-corrected chi connectivity index (χ4v) is 2.21. The van der Waals surface area contributed by atoms with Crippen LogP contribution in [0.15, 0.2) is 48.8 Å². The summed E-state index contributed by atoms with van der Waals surface area (Å²) in [7, 11) is 0. The van der Waals surface area contributed by atoms with Gasteiger partial charge in [0.25, 0.3) is 0 Å². The van der Waals surface area contributed by atoms with Crippen LogP contribution in [0.5, 0.6) is 0 Å². The third-order valence-electron chi connectivity index (χ3n) is 3.18. The van der Waals surface area contributed by atoms with E-state index in [1.165, 1.54) is 0 Å². The minimum atomic E-state index is -0.857. The summed E-state index contributed by atoms with van der Waals surface area (Å²) in [6.45, 7) is 3.66. The Kier molecular flexibility index (Phi) is 4.96. The second-order valence-electron chi connectivity index (χ2n) is 4.82. The first-order valence-corrected chi connectivity index (χ1v) is 6.86. The summed E-state index contributed by atoms with van der Waals surface area (Å²) in [6.07, 6.45) is 5.17. The topological polar surface area (TPSA) is 54.3 Å². The first-order chi connectivity index (χ1) is 9.70. The first kappa shape index (κ1) is 14.3. The molecule has 1 atom stereocenters. The molecule has 0 aliphatic rings. The highest BCUT2D eigenvalue weighted by Crippen LogP contribution is 2.14. The molecule has 2 N–H and O–H groups in total. The monoisotopic (exact) mass is 272 g/mol. The van der Waals surface area contributed by atoms with Gasteiger partial charge in [-0.3, -0.25) is 10.1 Å². The van der Waals surface area contributed by atoms with E-state index in [4.69, 9.17) is 0 Å². The number of nitrogens with zero attached hydrogens (tertiary/aromatic N) is 1. The molecule has 0 aliphatic heterocycles. The number of benzene rings is 1. The van der Waals surface area contributed by atoms with E-state index in [1.54, 1.807) is 0 Å². The fourth-order valence-electron chi connectivity index (χ4n) is 2.21. The third-order valence-corrected chi connectivity index (χ3v) is 3.18. The van der Waals surface area contributed by atoms with Gasteiger partial charge in [0.1, 0.15) is 6.04 Å². The van der Waals surface area contributed by atoms with Crippen LogP contribution >= 0.6 is 0 Å². The van der Waals surface area contributed by atoms with Gasteiger partial charge < -0.3 is 9.67 Å². The van der Waals surface area contributed by atoms with E-state index in [0.29, 0.717) is 6.54 Å². The van der Waals surface area contributed by atoms with Crippen molar-refractivity contribution in [3.63, 3.8) is 0 Å². The van der Waals surface area contributed by atoms with E-state index >= 15 is 0 Å². The number of carboxylic acids is 1. The summed E-state index contributed by atoms with van der Waals surface area (Å²) >= 11 is 0. The zero-order valence-corrected chi connectivity index (χ0v) is 11.6. The number of carbonyl (C=O) groups is 1. The Labute approximate surface area is 119 Å². The minimum Gasteiger partial charge on any atom is -0.480 e. The van der Waals surface area contributed by atoms with Gasteiger partial charge in [-0.05, 0) is 23.6 Å². The van der Waals surface area contributed by atoms with Crippen molar-refractivity contribution in [3.05, 3.63) is 59.9 Å². The largest absolute Gasteiger partial charge is 0.480 e. The van der Waals surface area contributed by atoms with Crippen molar-refractivity contribution in [1.29, 1.82) is 0 Å². The van der Waals surface area contributed by atoms with E-state index < -0.39 is 12.0 Å². The maximum Gasteiger partial charge on any atom is 0.325 e. The Balaban J connectivity index is 2.00. The summed E-state index contributed by atoms with van der Waals surface area (Å²) < 4.78 is 2.12. The molecular formula is C16H20N2O2. The number of hydrogen-bond acceptors (Lipinski definition) is 2. The lowest BCUT2D eigenvalue weighted by molar-refractivity contribution is -0.139. The van der Waals surface area contributed by atoms with Gasteiger partial charge in [0.2, 0.25) is 0 Å². The molecule has 1 aromatic heterocycles. The highest BCUT2D eigenvalue weighted by molar-refractivity contribution is 5.75. The zero-order chi connectivity index (χ0) is 14.4. The highest BCUT2D eigenvalue weighted by atomic mass is 16.4. The molecule has 0 aliphatic carbocycles. The first-order valence-electron chi connectivity index (χ1n) is 6.86. The summed E-state index contributed by atoms with van der Waals surface area (Å²) in [5, 5.41) is 12.4. The number of hydrogen-bond donors (Lipinski definition) is 2. The predicted molar refractivity (Wildman–Crippen MR) is 78.4 cm³/mol. The lowest BCUT2D eigenvalue weighted by atomic mass is 10.1. The van der Waals surface area contributed by atoms with Crippen LogP contribution in [0.1, 0.15) is 30.5 Å². The standard InChI is InChI=1S/C16H20N2O2/c1-2-9-18-10-8-13(12-18)11-17-15(16(19)20)14-6-4-3-5-7-14/h3-8,10,12,15,17H,2,9,11H2,1H3,(H,19,20). The van der Waals surface area contributed by atoms with Crippen LogP contribution in [0, 0.1) is 0 Å². The summed E-state index contributed by atoms with van der Waals surface area (Å²) in [5.74, 6) is -0.857. The van der Waals surface area contributed by atoms with Gasteiger partial charge in [-0.15, -0.1) is 0 Å². The minimum absolute atomic E-state index is 0.544.